The molecule has 1 heterocycles. The Labute approximate surface area is 98.8 Å². The Hall–Kier alpha value is -1.95. The molecule has 1 rings (SSSR count). The van der Waals surface area contributed by atoms with Gasteiger partial charge in [-0.3, -0.25) is 14.6 Å². The Morgan fingerprint density at radius 1 is 1.53 bits per heavy atom. The third-order valence-corrected chi connectivity index (χ3v) is 2.20. The van der Waals surface area contributed by atoms with Crippen molar-refractivity contribution in [3.05, 3.63) is 24.0 Å². The number of rotatable bonds is 5. The summed E-state index contributed by atoms with van der Waals surface area (Å²) in [6, 6.07) is 2.61. The van der Waals surface area contributed by atoms with Crippen molar-refractivity contribution in [1.82, 2.24) is 4.98 Å². The van der Waals surface area contributed by atoms with Crippen LogP contribution in [0.15, 0.2) is 18.3 Å². The van der Waals surface area contributed by atoms with Gasteiger partial charge in [0.2, 0.25) is 5.91 Å². The molecule has 0 aliphatic heterocycles. The van der Waals surface area contributed by atoms with Crippen LogP contribution in [0.3, 0.4) is 0 Å². The predicted molar refractivity (Wildman–Crippen MR) is 62.5 cm³/mol. The van der Waals surface area contributed by atoms with Gasteiger partial charge < -0.3 is 16.2 Å². The number of nitrogens with two attached hydrogens (primary N) is 1. The summed E-state index contributed by atoms with van der Waals surface area (Å²) < 4.78 is 0. The summed E-state index contributed by atoms with van der Waals surface area (Å²) in [6.45, 7) is 1.82. The first-order valence-electron chi connectivity index (χ1n) is 5.26. The van der Waals surface area contributed by atoms with Gasteiger partial charge in [-0.05, 0) is 18.6 Å². The van der Waals surface area contributed by atoms with Gasteiger partial charge in [0.05, 0.1) is 30.0 Å². The van der Waals surface area contributed by atoms with Crippen LogP contribution >= 0.6 is 0 Å². The molecule has 92 valence electrons. The number of hydrogen-bond acceptors (Lipinski definition) is 4. The van der Waals surface area contributed by atoms with E-state index < -0.39 is 12.0 Å². The number of anilines is 1. The number of nitrogens with zero attached hydrogens (tertiary/aromatic N) is 1. The van der Waals surface area contributed by atoms with E-state index in [9.17, 15) is 9.59 Å². The van der Waals surface area contributed by atoms with Gasteiger partial charge in [0.15, 0.2) is 0 Å². The van der Waals surface area contributed by atoms with Crippen LogP contribution in [0.4, 0.5) is 5.69 Å². The van der Waals surface area contributed by atoms with E-state index in [0.29, 0.717) is 17.8 Å². The van der Waals surface area contributed by atoms with E-state index in [1.54, 1.807) is 12.1 Å². The van der Waals surface area contributed by atoms with Gasteiger partial charge in [-0.25, -0.2) is 0 Å². The molecule has 0 aromatic carbocycles. The van der Waals surface area contributed by atoms with Crippen molar-refractivity contribution < 1.29 is 14.7 Å². The molecule has 0 unspecified atom stereocenters. The normalized spacial score (nSPS) is 11.9. The van der Waals surface area contributed by atoms with E-state index in [0.717, 1.165) is 0 Å². The summed E-state index contributed by atoms with van der Waals surface area (Å²) in [4.78, 5) is 25.8. The highest BCUT2D eigenvalue weighted by Crippen LogP contribution is 2.07. The fourth-order valence-corrected chi connectivity index (χ4v) is 1.18. The van der Waals surface area contributed by atoms with Gasteiger partial charge >= 0.3 is 5.97 Å². The summed E-state index contributed by atoms with van der Waals surface area (Å²) in [5, 5.41) is 11.2. The maximum absolute atomic E-state index is 11.4. The van der Waals surface area contributed by atoms with Crippen molar-refractivity contribution in [3.8, 4) is 0 Å². The van der Waals surface area contributed by atoms with Gasteiger partial charge in [0.25, 0.3) is 0 Å². The smallest absolute Gasteiger partial charge is 0.309 e. The van der Waals surface area contributed by atoms with Gasteiger partial charge in [0, 0.05) is 0 Å². The van der Waals surface area contributed by atoms with E-state index in [2.05, 4.69) is 10.3 Å². The SMILES string of the molecule is CC[C@@H](N)C(=O)Nc1ccc(CC(=O)O)nc1. The number of carboxylic acid groups (broad SMARTS) is 1. The van der Waals surface area contributed by atoms with Crippen LogP contribution in [0.2, 0.25) is 0 Å². The number of carboxylic acids is 1. The molecular formula is C11H15N3O3. The molecule has 17 heavy (non-hydrogen) atoms. The highest BCUT2D eigenvalue weighted by Gasteiger charge is 2.11. The van der Waals surface area contributed by atoms with Crippen LogP contribution in [0.25, 0.3) is 0 Å². The Morgan fingerprint density at radius 3 is 2.71 bits per heavy atom. The number of hydrogen-bond donors (Lipinski definition) is 3. The molecule has 4 N–H and O–H groups in total. The minimum absolute atomic E-state index is 0.136. The van der Waals surface area contributed by atoms with Gasteiger partial charge in [-0.2, -0.15) is 0 Å². The lowest BCUT2D eigenvalue weighted by Crippen LogP contribution is -2.34. The lowest BCUT2D eigenvalue weighted by molar-refractivity contribution is -0.136. The molecule has 1 aromatic rings. The Morgan fingerprint density at radius 2 is 2.24 bits per heavy atom. The minimum Gasteiger partial charge on any atom is -0.481 e. The first-order valence-corrected chi connectivity index (χ1v) is 5.26. The van der Waals surface area contributed by atoms with Gasteiger partial charge in [-0.15, -0.1) is 0 Å². The van der Waals surface area contributed by atoms with Crippen molar-refractivity contribution >= 4 is 17.6 Å². The fraction of sp³-hybridized carbons (Fsp3) is 0.364. The molecule has 0 bridgehead atoms. The van der Waals surface area contributed by atoms with Crippen molar-refractivity contribution in [2.75, 3.05) is 5.32 Å². The quantitative estimate of drug-likeness (QED) is 0.686. The standard InChI is InChI=1S/C11H15N3O3/c1-2-9(12)11(17)14-8-4-3-7(13-6-8)5-10(15)16/h3-4,6,9H,2,5,12H2,1H3,(H,14,17)(H,15,16)/t9-/m1/s1. The van der Waals surface area contributed by atoms with E-state index in [1.165, 1.54) is 6.20 Å². The molecule has 1 aromatic heterocycles. The molecule has 0 aliphatic rings. The molecule has 0 spiro atoms. The maximum Gasteiger partial charge on any atom is 0.309 e. The molecule has 0 saturated heterocycles. The Balaban J connectivity index is 2.62. The molecule has 6 nitrogen and oxygen atoms in total. The fourth-order valence-electron chi connectivity index (χ4n) is 1.18. The number of aromatic nitrogens is 1. The zero-order valence-corrected chi connectivity index (χ0v) is 9.51. The highest BCUT2D eigenvalue weighted by molar-refractivity contribution is 5.94. The average Bonchev–Trinajstić information content (AvgIpc) is 2.30. The molecule has 0 aliphatic carbocycles. The topological polar surface area (TPSA) is 105 Å². The van der Waals surface area contributed by atoms with E-state index in [-0.39, 0.29) is 12.3 Å². The number of carbonyl (C=O) groups is 2. The van der Waals surface area contributed by atoms with E-state index in [1.807, 2.05) is 6.92 Å². The van der Waals surface area contributed by atoms with Gasteiger partial charge in [0.1, 0.15) is 0 Å². The zero-order valence-electron chi connectivity index (χ0n) is 9.51. The molecule has 6 heteroatoms. The molecular weight excluding hydrogens is 222 g/mol. The summed E-state index contributed by atoms with van der Waals surface area (Å²) in [6.07, 6.45) is 1.83. The second-order valence-electron chi connectivity index (χ2n) is 3.61. The summed E-state index contributed by atoms with van der Waals surface area (Å²) >= 11 is 0. The van der Waals surface area contributed by atoms with Crippen molar-refractivity contribution in [2.24, 2.45) is 5.73 Å². The van der Waals surface area contributed by atoms with Crippen molar-refractivity contribution in [2.45, 2.75) is 25.8 Å². The number of carbonyl (C=O) groups excluding carboxylic acids is 1. The lowest BCUT2D eigenvalue weighted by atomic mass is 10.2. The average molecular weight is 237 g/mol. The number of nitrogens with one attached hydrogen (secondary N) is 1. The van der Waals surface area contributed by atoms with E-state index in [4.69, 9.17) is 10.8 Å². The van der Waals surface area contributed by atoms with Crippen LogP contribution in [0.1, 0.15) is 19.0 Å². The first-order chi connectivity index (χ1) is 8.02. The molecule has 0 saturated carbocycles. The second kappa shape index (κ2) is 5.95. The molecule has 0 fully saturated rings. The van der Waals surface area contributed by atoms with Crippen LogP contribution in [-0.4, -0.2) is 28.0 Å². The first kappa shape index (κ1) is 13.1. The van der Waals surface area contributed by atoms with Crippen LogP contribution < -0.4 is 11.1 Å². The van der Waals surface area contributed by atoms with Crippen LogP contribution in [0.5, 0.6) is 0 Å². The molecule has 1 amide bonds. The molecule has 1 atom stereocenters. The summed E-state index contributed by atoms with van der Waals surface area (Å²) in [7, 11) is 0. The monoisotopic (exact) mass is 237 g/mol. The maximum atomic E-state index is 11.4. The predicted octanol–water partition coefficient (Wildman–Crippen LogP) is 0.384. The van der Waals surface area contributed by atoms with Gasteiger partial charge in [-0.1, -0.05) is 6.92 Å². The summed E-state index contributed by atoms with van der Waals surface area (Å²) in [5.74, 6) is -1.22. The lowest BCUT2D eigenvalue weighted by Gasteiger charge is -2.09. The van der Waals surface area contributed by atoms with Crippen molar-refractivity contribution in [3.63, 3.8) is 0 Å². The number of amides is 1. The highest BCUT2D eigenvalue weighted by atomic mass is 16.4. The van der Waals surface area contributed by atoms with Crippen molar-refractivity contribution in [1.29, 1.82) is 0 Å². The Kier molecular flexibility index (Phi) is 4.59. The summed E-state index contributed by atoms with van der Waals surface area (Å²) in [5.41, 5.74) is 6.50. The molecule has 0 radical (unpaired) electrons. The largest absolute Gasteiger partial charge is 0.481 e. The number of aliphatic carboxylic acids is 1. The Bertz CT molecular complexity index is 403. The van der Waals surface area contributed by atoms with E-state index >= 15 is 0 Å². The third kappa shape index (κ3) is 4.20. The van der Waals surface area contributed by atoms with Crippen LogP contribution in [0, 0.1) is 0 Å². The second-order valence-corrected chi connectivity index (χ2v) is 3.61. The third-order valence-electron chi connectivity index (χ3n) is 2.20. The zero-order chi connectivity index (χ0) is 12.8. The van der Waals surface area contributed by atoms with Crippen LogP contribution in [-0.2, 0) is 16.0 Å². The number of pyridine rings is 1. The minimum atomic E-state index is -0.942.